The highest BCUT2D eigenvalue weighted by Gasteiger charge is 2.52. The zero-order valence-electron chi connectivity index (χ0n) is 22.1. The first-order valence-corrected chi connectivity index (χ1v) is 15.4. The molecule has 4 heterocycles. The van der Waals surface area contributed by atoms with Gasteiger partial charge in [0, 0.05) is 66.7 Å². The highest BCUT2D eigenvalue weighted by atomic mass is 32.2. The lowest BCUT2D eigenvalue weighted by Gasteiger charge is -2.62. The Balaban J connectivity index is 1.15. The lowest BCUT2D eigenvalue weighted by atomic mass is 9.72. The van der Waals surface area contributed by atoms with E-state index in [-0.39, 0.29) is 0 Å². The molecule has 2 aromatic heterocycles. The second-order valence-electron chi connectivity index (χ2n) is 11.8. The molecule has 0 bridgehead atoms. The van der Waals surface area contributed by atoms with Crippen molar-refractivity contribution in [1.29, 1.82) is 0 Å². The van der Waals surface area contributed by atoms with E-state index in [1.165, 1.54) is 25.0 Å². The fourth-order valence-corrected chi connectivity index (χ4v) is 6.71. The van der Waals surface area contributed by atoms with E-state index in [0.717, 1.165) is 59.6 Å². The van der Waals surface area contributed by atoms with E-state index in [2.05, 4.69) is 58.5 Å². The lowest BCUT2D eigenvalue weighted by molar-refractivity contribution is -0.0411. The van der Waals surface area contributed by atoms with Gasteiger partial charge in [0.15, 0.2) is 9.84 Å². The summed E-state index contributed by atoms with van der Waals surface area (Å²) in [6.07, 6.45) is 5.34. The maximum atomic E-state index is 11.9. The summed E-state index contributed by atoms with van der Waals surface area (Å²) in [5.41, 5.74) is 6.68. The van der Waals surface area contributed by atoms with Crippen LogP contribution >= 0.6 is 0 Å². The molecule has 0 radical (unpaired) electrons. The molecule has 0 unspecified atom stereocenters. The standard InChI is InChI=1S/C30H33N5O2S/c1-20(2)33-16-30(17-33)18-34(19-30)23-8-4-21(5-9-23)26-14-28-27(15-31-26)32-29(35(28)24-10-11-24)22-6-12-25(13-7-22)38(3,36)37/h4-9,12-15,20,24H,10-11,16-19H2,1-3H3. The Hall–Kier alpha value is -3.23. The topological polar surface area (TPSA) is 71.3 Å². The third-order valence-corrected chi connectivity index (χ3v) is 9.55. The molecule has 1 spiro atoms. The second kappa shape index (κ2) is 8.38. The minimum atomic E-state index is -3.24. The molecule has 2 aliphatic heterocycles. The van der Waals surface area contributed by atoms with Gasteiger partial charge in [0.1, 0.15) is 11.3 Å². The van der Waals surface area contributed by atoms with Crippen molar-refractivity contribution in [2.45, 2.75) is 43.7 Å². The van der Waals surface area contributed by atoms with Gasteiger partial charge >= 0.3 is 0 Å². The highest BCUT2D eigenvalue weighted by molar-refractivity contribution is 7.90. The number of fused-ring (bicyclic) bond motifs is 1. The summed E-state index contributed by atoms with van der Waals surface area (Å²) >= 11 is 0. The Kier molecular flexibility index (Phi) is 5.26. The van der Waals surface area contributed by atoms with Crippen LogP contribution in [0.2, 0.25) is 0 Å². The van der Waals surface area contributed by atoms with Gasteiger partial charge in [-0.25, -0.2) is 13.4 Å². The molecule has 0 amide bonds. The van der Waals surface area contributed by atoms with Gasteiger partial charge in [0.05, 0.1) is 22.3 Å². The van der Waals surface area contributed by atoms with Crippen molar-refractivity contribution in [1.82, 2.24) is 19.4 Å². The van der Waals surface area contributed by atoms with Crippen molar-refractivity contribution in [2.24, 2.45) is 5.41 Å². The first-order chi connectivity index (χ1) is 18.2. The quantitative estimate of drug-likeness (QED) is 0.350. The van der Waals surface area contributed by atoms with Gasteiger partial charge in [-0.3, -0.25) is 9.88 Å². The predicted molar refractivity (Wildman–Crippen MR) is 151 cm³/mol. The Morgan fingerprint density at radius 1 is 0.921 bits per heavy atom. The van der Waals surface area contributed by atoms with Gasteiger partial charge in [-0.2, -0.15) is 0 Å². The summed E-state index contributed by atoms with van der Waals surface area (Å²) in [4.78, 5) is 15.0. The summed E-state index contributed by atoms with van der Waals surface area (Å²) in [7, 11) is -3.24. The van der Waals surface area contributed by atoms with Gasteiger partial charge in [-0.05, 0) is 69.2 Å². The van der Waals surface area contributed by atoms with Crippen molar-refractivity contribution < 1.29 is 8.42 Å². The summed E-state index contributed by atoms with van der Waals surface area (Å²) in [5.74, 6) is 0.871. The monoisotopic (exact) mass is 527 g/mol. The van der Waals surface area contributed by atoms with Crippen molar-refractivity contribution >= 4 is 26.6 Å². The minimum Gasteiger partial charge on any atom is -0.370 e. The first-order valence-electron chi connectivity index (χ1n) is 13.5. The fraction of sp³-hybridized carbons (Fsp3) is 0.400. The predicted octanol–water partition coefficient (Wildman–Crippen LogP) is 5.03. The molecule has 38 heavy (non-hydrogen) atoms. The Morgan fingerprint density at radius 3 is 2.18 bits per heavy atom. The molecule has 7 rings (SSSR count). The van der Waals surface area contributed by atoms with E-state index in [9.17, 15) is 8.42 Å². The number of sulfone groups is 1. The summed E-state index contributed by atoms with van der Waals surface area (Å²) in [6.45, 7) is 9.31. The first kappa shape index (κ1) is 23.9. The molecule has 7 nitrogen and oxygen atoms in total. The van der Waals surface area contributed by atoms with E-state index in [0.29, 0.717) is 22.4 Å². The molecular weight excluding hydrogens is 494 g/mol. The zero-order chi connectivity index (χ0) is 26.2. The number of benzene rings is 2. The number of pyridine rings is 1. The van der Waals surface area contributed by atoms with Gasteiger partial charge in [-0.15, -0.1) is 0 Å². The van der Waals surface area contributed by atoms with Crippen molar-refractivity contribution in [2.75, 3.05) is 37.3 Å². The number of imidazole rings is 1. The number of aromatic nitrogens is 3. The van der Waals surface area contributed by atoms with E-state index in [1.54, 1.807) is 12.1 Å². The van der Waals surface area contributed by atoms with Crippen LogP contribution in [0.4, 0.5) is 5.69 Å². The van der Waals surface area contributed by atoms with Crippen molar-refractivity contribution in [3.05, 3.63) is 60.8 Å². The Labute approximate surface area is 224 Å². The van der Waals surface area contributed by atoms with Crippen LogP contribution < -0.4 is 4.90 Å². The van der Waals surface area contributed by atoms with Crippen LogP contribution in [-0.2, 0) is 9.84 Å². The average Bonchev–Trinajstić information content (AvgIpc) is 3.61. The van der Waals surface area contributed by atoms with E-state index >= 15 is 0 Å². The van der Waals surface area contributed by atoms with Gasteiger partial charge in [0.2, 0.25) is 0 Å². The van der Waals surface area contributed by atoms with Crippen LogP contribution in [0, 0.1) is 5.41 Å². The number of anilines is 1. The molecule has 0 atom stereocenters. The van der Waals surface area contributed by atoms with E-state index in [4.69, 9.17) is 9.97 Å². The third-order valence-electron chi connectivity index (χ3n) is 8.42. The number of likely N-dealkylation sites (tertiary alicyclic amines) is 1. The van der Waals surface area contributed by atoms with Gasteiger partial charge in [0.25, 0.3) is 0 Å². The van der Waals surface area contributed by atoms with Gasteiger partial charge < -0.3 is 9.47 Å². The molecule has 1 aliphatic carbocycles. The molecule has 8 heteroatoms. The maximum absolute atomic E-state index is 11.9. The minimum absolute atomic E-state index is 0.321. The Bertz CT molecular complexity index is 1620. The number of rotatable bonds is 6. The molecular formula is C30H33N5O2S. The number of nitrogens with zero attached hydrogens (tertiary/aromatic N) is 5. The van der Waals surface area contributed by atoms with E-state index in [1.807, 2.05) is 18.3 Å². The maximum Gasteiger partial charge on any atom is 0.175 e. The summed E-state index contributed by atoms with van der Waals surface area (Å²) < 4.78 is 26.1. The molecule has 196 valence electrons. The smallest absolute Gasteiger partial charge is 0.175 e. The van der Waals surface area contributed by atoms with Crippen LogP contribution in [0.15, 0.2) is 65.7 Å². The van der Waals surface area contributed by atoms with Crippen LogP contribution in [0.3, 0.4) is 0 Å². The van der Waals surface area contributed by atoms with Gasteiger partial charge in [-0.1, -0.05) is 12.1 Å². The highest BCUT2D eigenvalue weighted by Crippen LogP contribution is 2.44. The van der Waals surface area contributed by atoms with E-state index < -0.39 is 9.84 Å². The van der Waals surface area contributed by atoms with Crippen LogP contribution in [0.1, 0.15) is 32.7 Å². The third kappa shape index (κ3) is 4.01. The SMILES string of the molecule is CC(C)N1CC2(CN(c3ccc(-c4cc5c(cn4)nc(-c4ccc(S(C)(=O)=O)cc4)n5C4CC4)cc3)C2)C1. The number of hydrogen-bond donors (Lipinski definition) is 0. The molecule has 2 saturated heterocycles. The van der Waals surface area contributed by atoms with Crippen LogP contribution in [0.25, 0.3) is 33.7 Å². The lowest BCUT2D eigenvalue weighted by Crippen LogP contribution is -2.73. The molecule has 1 saturated carbocycles. The molecule has 4 aromatic rings. The zero-order valence-corrected chi connectivity index (χ0v) is 22.9. The average molecular weight is 528 g/mol. The second-order valence-corrected chi connectivity index (χ2v) is 13.8. The summed E-state index contributed by atoms with van der Waals surface area (Å²) in [5, 5.41) is 0. The molecule has 2 aromatic carbocycles. The largest absolute Gasteiger partial charge is 0.370 e. The molecule has 3 aliphatic rings. The number of hydrogen-bond acceptors (Lipinski definition) is 6. The van der Waals surface area contributed by atoms with Crippen molar-refractivity contribution in [3.63, 3.8) is 0 Å². The molecule has 0 N–H and O–H groups in total. The van der Waals surface area contributed by atoms with Crippen LogP contribution in [-0.4, -0.2) is 66.3 Å². The normalized spacial score (nSPS) is 19.2. The van der Waals surface area contributed by atoms with Crippen LogP contribution in [0.5, 0.6) is 0 Å². The molecule has 3 fully saturated rings. The summed E-state index contributed by atoms with van der Waals surface area (Å²) in [6, 6.07) is 19.1. The Morgan fingerprint density at radius 2 is 1.58 bits per heavy atom. The fourth-order valence-electron chi connectivity index (χ4n) is 6.08. The van der Waals surface area contributed by atoms with Crippen molar-refractivity contribution in [3.8, 4) is 22.6 Å².